The van der Waals surface area contributed by atoms with Crippen LogP contribution >= 0.6 is 11.6 Å². The van der Waals surface area contributed by atoms with Gasteiger partial charge in [0.25, 0.3) is 5.91 Å². The minimum atomic E-state index is -0.877. The second-order valence-electron chi connectivity index (χ2n) is 5.25. The maximum Gasteiger partial charge on any atom is 0.268 e. The van der Waals surface area contributed by atoms with Gasteiger partial charge >= 0.3 is 0 Å². The number of rotatable bonds is 4. The van der Waals surface area contributed by atoms with Crippen LogP contribution in [0.1, 0.15) is 11.1 Å². The van der Waals surface area contributed by atoms with Crippen molar-refractivity contribution in [3.05, 3.63) is 33.9 Å². The maximum atomic E-state index is 12.3. The molecule has 2 N–H and O–H groups in total. The van der Waals surface area contributed by atoms with Crippen LogP contribution < -0.4 is 0 Å². The summed E-state index contributed by atoms with van der Waals surface area (Å²) >= 11 is 5.77. The standard InChI is InChI=1S/C16H15ClN4O4/c1-20(2)13(22)8-21(3)16(25)11(7-19)14(23)9-4-10(6-18)15(24)12(17)5-9/h4-5,23-24H,8H2,1-3H3/b14-11-. The Bertz CT molecular complexity index is 834. The predicted octanol–water partition coefficient (Wildman–Crippen LogP) is 1.26. The number of nitrogens with zero attached hydrogens (tertiary/aromatic N) is 4. The number of carbonyl (C=O) groups excluding carboxylic acids is 2. The number of aromatic hydroxyl groups is 1. The predicted molar refractivity (Wildman–Crippen MR) is 89.3 cm³/mol. The molecule has 0 aromatic heterocycles. The molecule has 2 amide bonds. The Labute approximate surface area is 149 Å². The summed E-state index contributed by atoms with van der Waals surface area (Å²) in [6.07, 6.45) is 0. The van der Waals surface area contributed by atoms with Crippen LogP contribution in [0.5, 0.6) is 5.75 Å². The van der Waals surface area contributed by atoms with Gasteiger partial charge in [0.2, 0.25) is 5.91 Å². The van der Waals surface area contributed by atoms with Gasteiger partial charge in [-0.15, -0.1) is 0 Å². The number of hydrogen-bond donors (Lipinski definition) is 2. The Morgan fingerprint density at radius 2 is 1.84 bits per heavy atom. The number of phenolic OH excluding ortho intramolecular Hbond substituents is 1. The monoisotopic (exact) mass is 362 g/mol. The van der Waals surface area contributed by atoms with Gasteiger partial charge in [0.1, 0.15) is 17.9 Å². The van der Waals surface area contributed by atoms with E-state index in [1.807, 2.05) is 0 Å². The Kier molecular flexibility index (Phi) is 6.38. The lowest BCUT2D eigenvalue weighted by Gasteiger charge is -2.19. The van der Waals surface area contributed by atoms with E-state index in [4.69, 9.17) is 16.9 Å². The van der Waals surface area contributed by atoms with Crippen molar-refractivity contribution in [3.8, 4) is 17.9 Å². The van der Waals surface area contributed by atoms with E-state index in [9.17, 15) is 25.1 Å². The van der Waals surface area contributed by atoms with Gasteiger partial charge in [-0.05, 0) is 12.1 Å². The summed E-state index contributed by atoms with van der Waals surface area (Å²) in [6.45, 7) is -0.288. The number of likely N-dealkylation sites (N-methyl/N-ethyl adjacent to an activating group) is 2. The lowest BCUT2D eigenvalue weighted by molar-refractivity contribution is -0.135. The zero-order chi connectivity index (χ0) is 19.3. The molecule has 0 atom stereocenters. The first kappa shape index (κ1) is 19.8. The second kappa shape index (κ2) is 8.04. The lowest BCUT2D eigenvalue weighted by atomic mass is 10.0. The van der Waals surface area contributed by atoms with Gasteiger partial charge in [0.15, 0.2) is 11.3 Å². The number of halogens is 1. The highest BCUT2D eigenvalue weighted by atomic mass is 35.5. The summed E-state index contributed by atoms with van der Waals surface area (Å²) in [4.78, 5) is 26.2. The molecule has 9 heteroatoms. The number of aliphatic hydroxyl groups excluding tert-OH is 1. The van der Waals surface area contributed by atoms with E-state index in [0.717, 1.165) is 17.0 Å². The minimum absolute atomic E-state index is 0.0865. The molecule has 0 saturated heterocycles. The van der Waals surface area contributed by atoms with Crippen LogP contribution in [0.4, 0.5) is 0 Å². The molecule has 1 aromatic rings. The quantitative estimate of drug-likeness (QED) is 0.471. The molecule has 25 heavy (non-hydrogen) atoms. The third kappa shape index (κ3) is 4.40. The van der Waals surface area contributed by atoms with E-state index < -0.39 is 23.0 Å². The van der Waals surface area contributed by atoms with Gasteiger partial charge < -0.3 is 20.0 Å². The van der Waals surface area contributed by atoms with E-state index in [0.29, 0.717) is 0 Å². The Morgan fingerprint density at radius 1 is 1.24 bits per heavy atom. The van der Waals surface area contributed by atoms with E-state index >= 15 is 0 Å². The summed E-state index contributed by atoms with van der Waals surface area (Å²) in [5.41, 5.74) is -0.939. The largest absolute Gasteiger partial charge is 0.506 e. The second-order valence-corrected chi connectivity index (χ2v) is 5.66. The van der Waals surface area contributed by atoms with Gasteiger partial charge in [-0.2, -0.15) is 10.5 Å². The van der Waals surface area contributed by atoms with Gasteiger partial charge in [0, 0.05) is 26.7 Å². The molecule has 0 aliphatic rings. The van der Waals surface area contributed by atoms with Crippen molar-refractivity contribution in [2.75, 3.05) is 27.7 Å². The Balaban J connectivity index is 3.31. The summed E-state index contributed by atoms with van der Waals surface area (Å²) < 4.78 is 0. The molecule has 130 valence electrons. The van der Waals surface area contributed by atoms with E-state index in [1.165, 1.54) is 26.0 Å². The third-order valence-corrected chi connectivity index (χ3v) is 3.53. The molecular formula is C16H15ClN4O4. The van der Waals surface area contributed by atoms with Crippen molar-refractivity contribution in [3.63, 3.8) is 0 Å². The van der Waals surface area contributed by atoms with Crippen molar-refractivity contribution in [1.82, 2.24) is 9.80 Å². The normalized spacial score (nSPS) is 11.0. The maximum absolute atomic E-state index is 12.3. The van der Waals surface area contributed by atoms with Crippen LogP contribution in [0.3, 0.4) is 0 Å². The number of amides is 2. The molecule has 1 rings (SSSR count). The summed E-state index contributed by atoms with van der Waals surface area (Å²) in [5, 5.41) is 37.8. The highest BCUT2D eigenvalue weighted by Gasteiger charge is 2.23. The zero-order valence-corrected chi connectivity index (χ0v) is 14.5. The number of aliphatic hydroxyl groups is 1. The highest BCUT2D eigenvalue weighted by Crippen LogP contribution is 2.31. The molecule has 0 unspecified atom stereocenters. The van der Waals surface area contributed by atoms with Crippen molar-refractivity contribution >= 4 is 29.2 Å². The van der Waals surface area contributed by atoms with Crippen LogP contribution in [-0.4, -0.2) is 59.5 Å². The molecule has 1 aromatic carbocycles. The third-order valence-electron chi connectivity index (χ3n) is 3.24. The molecule has 0 fully saturated rings. The Morgan fingerprint density at radius 3 is 2.32 bits per heavy atom. The van der Waals surface area contributed by atoms with Crippen LogP contribution in [0.15, 0.2) is 17.7 Å². The Hall–Kier alpha value is -3.23. The van der Waals surface area contributed by atoms with Crippen molar-refractivity contribution in [2.45, 2.75) is 0 Å². The number of hydrogen-bond acceptors (Lipinski definition) is 6. The first-order valence-electron chi connectivity index (χ1n) is 6.85. The molecule has 0 aliphatic carbocycles. The molecular weight excluding hydrogens is 348 g/mol. The van der Waals surface area contributed by atoms with Crippen LogP contribution in [0, 0.1) is 22.7 Å². The summed E-state index contributed by atoms with van der Waals surface area (Å²) in [6, 6.07) is 5.47. The summed E-state index contributed by atoms with van der Waals surface area (Å²) in [5.74, 6) is -2.43. The van der Waals surface area contributed by atoms with Crippen LogP contribution in [0.25, 0.3) is 5.76 Å². The average Bonchev–Trinajstić information content (AvgIpc) is 2.57. The minimum Gasteiger partial charge on any atom is -0.506 e. The molecule has 8 nitrogen and oxygen atoms in total. The van der Waals surface area contributed by atoms with Crippen LogP contribution in [-0.2, 0) is 9.59 Å². The van der Waals surface area contributed by atoms with Crippen LogP contribution in [0.2, 0.25) is 5.02 Å². The average molecular weight is 363 g/mol. The van der Waals surface area contributed by atoms with Crippen molar-refractivity contribution in [2.24, 2.45) is 0 Å². The number of nitriles is 2. The molecule has 0 aliphatic heterocycles. The number of carbonyl (C=O) groups is 2. The first-order valence-corrected chi connectivity index (χ1v) is 7.23. The molecule has 0 saturated carbocycles. The SMILES string of the molecule is CN(C)C(=O)CN(C)C(=O)/C(C#N)=C(\O)c1cc(Cl)c(O)c(C#N)c1. The fraction of sp³-hybridized carbons (Fsp3) is 0.250. The fourth-order valence-electron chi connectivity index (χ4n) is 1.77. The number of phenols is 1. The van der Waals surface area contributed by atoms with Crippen molar-refractivity contribution in [1.29, 1.82) is 10.5 Å². The van der Waals surface area contributed by atoms with E-state index in [2.05, 4.69) is 0 Å². The summed E-state index contributed by atoms with van der Waals surface area (Å²) in [7, 11) is 4.33. The van der Waals surface area contributed by atoms with Gasteiger partial charge in [-0.3, -0.25) is 9.59 Å². The molecule has 0 radical (unpaired) electrons. The topological polar surface area (TPSA) is 129 Å². The van der Waals surface area contributed by atoms with Gasteiger partial charge in [-0.1, -0.05) is 11.6 Å². The van der Waals surface area contributed by atoms with E-state index in [-0.39, 0.29) is 28.6 Å². The van der Waals surface area contributed by atoms with E-state index in [1.54, 1.807) is 12.1 Å². The lowest BCUT2D eigenvalue weighted by Crippen LogP contribution is -2.38. The van der Waals surface area contributed by atoms with Gasteiger partial charge in [-0.25, -0.2) is 0 Å². The zero-order valence-electron chi connectivity index (χ0n) is 13.7. The molecule has 0 spiro atoms. The molecule has 0 heterocycles. The number of benzene rings is 1. The fourth-order valence-corrected chi connectivity index (χ4v) is 1.99. The first-order chi connectivity index (χ1) is 11.6. The molecule has 0 bridgehead atoms. The smallest absolute Gasteiger partial charge is 0.268 e. The van der Waals surface area contributed by atoms with Crippen molar-refractivity contribution < 1.29 is 19.8 Å². The van der Waals surface area contributed by atoms with Gasteiger partial charge in [0.05, 0.1) is 17.1 Å². The highest BCUT2D eigenvalue weighted by molar-refractivity contribution is 6.32.